The van der Waals surface area contributed by atoms with Crippen LogP contribution in [0.5, 0.6) is 0 Å². The van der Waals surface area contributed by atoms with Gasteiger partial charge in [-0.3, -0.25) is 4.99 Å². The maximum atomic E-state index is 11.9. The van der Waals surface area contributed by atoms with Gasteiger partial charge in [-0.25, -0.2) is 13.1 Å². The molecule has 0 aromatic heterocycles. The van der Waals surface area contributed by atoms with Gasteiger partial charge < -0.3 is 15.4 Å². The van der Waals surface area contributed by atoms with E-state index in [4.69, 9.17) is 4.74 Å². The molecule has 1 fully saturated rings. The zero-order valence-electron chi connectivity index (χ0n) is 14.4. The topological polar surface area (TPSA) is 91.8 Å². The minimum Gasteiger partial charge on any atom is -0.382 e. The number of hydrogen-bond acceptors (Lipinski definition) is 4. The van der Waals surface area contributed by atoms with Crippen LogP contribution in [0.15, 0.2) is 4.99 Å². The van der Waals surface area contributed by atoms with Gasteiger partial charge in [0.2, 0.25) is 10.0 Å². The molecule has 0 radical (unpaired) electrons. The lowest BCUT2D eigenvalue weighted by Crippen LogP contribution is -2.42. The van der Waals surface area contributed by atoms with Crippen LogP contribution in [0.25, 0.3) is 0 Å². The van der Waals surface area contributed by atoms with E-state index >= 15 is 0 Å². The van der Waals surface area contributed by atoms with Gasteiger partial charge in [0, 0.05) is 39.4 Å². The van der Waals surface area contributed by atoms with Crippen LogP contribution < -0.4 is 15.4 Å². The Hall–Kier alpha value is -0.860. The molecule has 0 aliphatic heterocycles. The van der Waals surface area contributed by atoms with Crippen molar-refractivity contribution in [3.05, 3.63) is 0 Å². The Morgan fingerprint density at radius 3 is 2.65 bits per heavy atom. The van der Waals surface area contributed by atoms with Gasteiger partial charge in [0.1, 0.15) is 0 Å². The SMILES string of the molecule is CCNC(=NCCCOCC)NCCS(=O)(=O)NCC1CCC1. The van der Waals surface area contributed by atoms with Gasteiger partial charge in [-0.2, -0.15) is 0 Å². The molecule has 1 rings (SSSR count). The molecule has 23 heavy (non-hydrogen) atoms. The second-order valence-corrected chi connectivity index (χ2v) is 7.63. The molecule has 0 aromatic carbocycles. The van der Waals surface area contributed by atoms with Crippen molar-refractivity contribution >= 4 is 16.0 Å². The Kier molecular flexibility index (Phi) is 10.2. The lowest BCUT2D eigenvalue weighted by molar-refractivity contribution is 0.146. The van der Waals surface area contributed by atoms with Crippen LogP contribution in [0.3, 0.4) is 0 Å². The summed E-state index contributed by atoms with van der Waals surface area (Å²) in [5.41, 5.74) is 0. The van der Waals surface area contributed by atoms with Gasteiger partial charge >= 0.3 is 0 Å². The second-order valence-electron chi connectivity index (χ2n) is 5.70. The quantitative estimate of drug-likeness (QED) is 0.274. The summed E-state index contributed by atoms with van der Waals surface area (Å²) in [4.78, 5) is 4.40. The van der Waals surface area contributed by atoms with E-state index in [1.807, 2.05) is 13.8 Å². The molecule has 0 unspecified atom stereocenters. The molecule has 1 saturated carbocycles. The summed E-state index contributed by atoms with van der Waals surface area (Å²) in [5.74, 6) is 1.24. The minimum atomic E-state index is -3.21. The molecule has 0 aromatic rings. The van der Waals surface area contributed by atoms with E-state index < -0.39 is 10.0 Å². The molecule has 3 N–H and O–H groups in total. The maximum absolute atomic E-state index is 11.9. The summed E-state index contributed by atoms with van der Waals surface area (Å²) in [7, 11) is -3.21. The molecule has 136 valence electrons. The van der Waals surface area contributed by atoms with Crippen LogP contribution >= 0.6 is 0 Å². The van der Waals surface area contributed by atoms with Crippen LogP contribution in [0.2, 0.25) is 0 Å². The standard InChI is InChI=1S/C15H32N4O3S/c1-3-16-15(17-9-6-11-22-4-2)18-10-12-23(20,21)19-13-14-7-5-8-14/h14,19H,3-13H2,1-2H3,(H2,16,17,18). The third-order valence-electron chi connectivity index (χ3n) is 3.74. The molecule has 0 bridgehead atoms. The summed E-state index contributed by atoms with van der Waals surface area (Å²) in [6.07, 6.45) is 4.35. The summed E-state index contributed by atoms with van der Waals surface area (Å²) < 4.78 is 31.8. The third-order valence-corrected chi connectivity index (χ3v) is 5.09. The highest BCUT2D eigenvalue weighted by molar-refractivity contribution is 7.89. The van der Waals surface area contributed by atoms with Gasteiger partial charge in [-0.1, -0.05) is 6.42 Å². The molecule has 0 spiro atoms. The Labute approximate surface area is 140 Å². The molecule has 0 amide bonds. The zero-order chi connectivity index (χ0) is 17.0. The van der Waals surface area contributed by atoms with Crippen molar-refractivity contribution < 1.29 is 13.2 Å². The Morgan fingerprint density at radius 1 is 1.26 bits per heavy atom. The molecule has 0 saturated heterocycles. The van der Waals surface area contributed by atoms with E-state index in [-0.39, 0.29) is 5.75 Å². The first-order chi connectivity index (χ1) is 11.1. The number of rotatable bonds is 12. The molecule has 1 aliphatic carbocycles. The number of nitrogens with one attached hydrogen (secondary N) is 3. The van der Waals surface area contributed by atoms with E-state index in [1.54, 1.807) is 0 Å². The Bertz CT molecular complexity index is 436. The summed E-state index contributed by atoms with van der Waals surface area (Å²) in [5, 5.41) is 6.17. The molecular weight excluding hydrogens is 316 g/mol. The van der Waals surface area contributed by atoms with Crippen molar-refractivity contribution in [3.63, 3.8) is 0 Å². The van der Waals surface area contributed by atoms with E-state index in [2.05, 4.69) is 20.3 Å². The highest BCUT2D eigenvalue weighted by Gasteiger charge is 2.19. The van der Waals surface area contributed by atoms with Crippen LogP contribution in [0.4, 0.5) is 0 Å². The lowest BCUT2D eigenvalue weighted by Gasteiger charge is -2.25. The highest BCUT2D eigenvalue weighted by atomic mass is 32.2. The lowest BCUT2D eigenvalue weighted by atomic mass is 9.86. The summed E-state index contributed by atoms with van der Waals surface area (Å²) in [6.45, 7) is 7.67. The fraction of sp³-hybridized carbons (Fsp3) is 0.933. The Balaban J connectivity index is 2.22. The average Bonchev–Trinajstić information content (AvgIpc) is 2.45. The van der Waals surface area contributed by atoms with Crippen molar-refractivity contribution in [3.8, 4) is 0 Å². The average molecular weight is 349 g/mol. The number of sulfonamides is 1. The molecule has 7 nitrogen and oxygen atoms in total. The van der Waals surface area contributed by atoms with Crippen molar-refractivity contribution in [1.29, 1.82) is 0 Å². The zero-order valence-corrected chi connectivity index (χ0v) is 15.3. The predicted octanol–water partition coefficient (Wildman–Crippen LogP) is 0.688. The van der Waals surface area contributed by atoms with Crippen molar-refractivity contribution in [1.82, 2.24) is 15.4 Å². The van der Waals surface area contributed by atoms with Gasteiger partial charge in [0.25, 0.3) is 0 Å². The van der Waals surface area contributed by atoms with E-state index in [0.29, 0.717) is 44.7 Å². The number of guanidine groups is 1. The molecular formula is C15H32N4O3S. The third kappa shape index (κ3) is 9.78. The molecule has 8 heteroatoms. The van der Waals surface area contributed by atoms with Crippen molar-refractivity contribution in [2.24, 2.45) is 10.9 Å². The fourth-order valence-electron chi connectivity index (χ4n) is 2.16. The van der Waals surface area contributed by atoms with Crippen LogP contribution in [-0.4, -0.2) is 59.5 Å². The maximum Gasteiger partial charge on any atom is 0.213 e. The van der Waals surface area contributed by atoms with Gasteiger partial charge in [-0.05, 0) is 39.0 Å². The first kappa shape index (κ1) is 20.2. The van der Waals surface area contributed by atoms with E-state index in [9.17, 15) is 8.42 Å². The first-order valence-electron chi connectivity index (χ1n) is 8.64. The number of aliphatic imine (C=N–C) groups is 1. The largest absolute Gasteiger partial charge is 0.382 e. The van der Waals surface area contributed by atoms with E-state index in [0.717, 1.165) is 25.8 Å². The van der Waals surface area contributed by atoms with Crippen molar-refractivity contribution in [2.45, 2.75) is 39.5 Å². The van der Waals surface area contributed by atoms with Gasteiger partial charge in [0.15, 0.2) is 5.96 Å². The fourth-order valence-corrected chi connectivity index (χ4v) is 3.17. The first-order valence-corrected chi connectivity index (χ1v) is 10.3. The molecule has 0 heterocycles. The number of nitrogens with zero attached hydrogens (tertiary/aromatic N) is 1. The number of ether oxygens (including phenoxy) is 1. The number of hydrogen-bond donors (Lipinski definition) is 3. The summed E-state index contributed by atoms with van der Waals surface area (Å²) >= 11 is 0. The van der Waals surface area contributed by atoms with Gasteiger partial charge in [0.05, 0.1) is 5.75 Å². The van der Waals surface area contributed by atoms with Crippen LogP contribution in [-0.2, 0) is 14.8 Å². The molecule has 0 atom stereocenters. The normalized spacial score (nSPS) is 16.2. The van der Waals surface area contributed by atoms with Crippen LogP contribution in [0.1, 0.15) is 39.5 Å². The van der Waals surface area contributed by atoms with E-state index in [1.165, 1.54) is 6.42 Å². The predicted molar refractivity (Wildman–Crippen MR) is 94.2 cm³/mol. The van der Waals surface area contributed by atoms with Crippen LogP contribution in [0, 0.1) is 5.92 Å². The Morgan fingerprint density at radius 2 is 2.04 bits per heavy atom. The minimum absolute atomic E-state index is 0.0586. The smallest absolute Gasteiger partial charge is 0.213 e. The second kappa shape index (κ2) is 11.6. The monoisotopic (exact) mass is 348 g/mol. The van der Waals surface area contributed by atoms with Gasteiger partial charge in [-0.15, -0.1) is 0 Å². The highest BCUT2D eigenvalue weighted by Crippen LogP contribution is 2.25. The molecule has 1 aliphatic rings. The van der Waals surface area contributed by atoms with Crippen molar-refractivity contribution in [2.75, 3.05) is 45.1 Å². The summed E-state index contributed by atoms with van der Waals surface area (Å²) in [6, 6.07) is 0.